The van der Waals surface area contributed by atoms with Crippen LogP contribution in [0.5, 0.6) is 5.75 Å². The lowest BCUT2D eigenvalue weighted by atomic mass is 10.1. The van der Waals surface area contributed by atoms with Crippen molar-refractivity contribution in [1.29, 1.82) is 0 Å². The van der Waals surface area contributed by atoms with Crippen molar-refractivity contribution in [3.05, 3.63) is 29.8 Å². The first-order valence-electron chi connectivity index (χ1n) is 5.16. The molecule has 1 saturated heterocycles. The monoisotopic (exact) mass is 222 g/mol. The van der Waals surface area contributed by atoms with Crippen molar-refractivity contribution in [3.8, 4) is 5.75 Å². The van der Waals surface area contributed by atoms with Gasteiger partial charge in [-0.25, -0.2) is 0 Å². The summed E-state index contributed by atoms with van der Waals surface area (Å²) < 4.78 is 5.84. The zero-order valence-electron chi connectivity index (χ0n) is 8.52. The molecule has 0 bridgehead atoms. The molecule has 1 aromatic carbocycles. The Kier molecular flexibility index (Phi) is 3.67. The van der Waals surface area contributed by atoms with E-state index >= 15 is 0 Å². The number of carbonyl (C=O) groups excluding carboxylic acids is 1. The fraction of sp³-hybridized carbons (Fsp3) is 0.417. The molecule has 1 aromatic rings. The highest BCUT2D eigenvalue weighted by atomic mass is 32.2. The predicted molar refractivity (Wildman–Crippen MR) is 62.6 cm³/mol. The maximum atomic E-state index is 10.3. The third-order valence-electron chi connectivity index (χ3n) is 2.41. The van der Waals surface area contributed by atoms with Gasteiger partial charge in [0.15, 0.2) is 0 Å². The number of aryl methyl sites for hydroxylation is 1. The lowest BCUT2D eigenvalue weighted by Gasteiger charge is -2.26. The summed E-state index contributed by atoms with van der Waals surface area (Å²) in [6, 6.07) is 7.99. The number of hydrogen-bond donors (Lipinski definition) is 0. The van der Waals surface area contributed by atoms with E-state index in [2.05, 4.69) is 0 Å². The number of para-hydroxylation sites is 1. The number of benzene rings is 1. The fourth-order valence-corrected chi connectivity index (χ4v) is 2.07. The molecular formula is C12H14O2S. The lowest BCUT2D eigenvalue weighted by molar-refractivity contribution is -0.107. The molecule has 0 atom stereocenters. The van der Waals surface area contributed by atoms with Gasteiger partial charge in [0.25, 0.3) is 0 Å². The summed E-state index contributed by atoms with van der Waals surface area (Å²) in [7, 11) is 0. The molecule has 0 amide bonds. The van der Waals surface area contributed by atoms with Gasteiger partial charge in [0.05, 0.1) is 0 Å². The van der Waals surface area contributed by atoms with Crippen LogP contribution in [0.3, 0.4) is 0 Å². The highest BCUT2D eigenvalue weighted by molar-refractivity contribution is 8.00. The van der Waals surface area contributed by atoms with Gasteiger partial charge in [-0.05, 0) is 18.1 Å². The minimum Gasteiger partial charge on any atom is -0.488 e. The van der Waals surface area contributed by atoms with Gasteiger partial charge in [-0.1, -0.05) is 18.2 Å². The van der Waals surface area contributed by atoms with Crippen LogP contribution >= 0.6 is 11.8 Å². The van der Waals surface area contributed by atoms with Gasteiger partial charge in [0.1, 0.15) is 18.1 Å². The third kappa shape index (κ3) is 2.75. The summed E-state index contributed by atoms with van der Waals surface area (Å²) >= 11 is 1.91. The Morgan fingerprint density at radius 1 is 1.40 bits per heavy atom. The second-order valence-corrected chi connectivity index (χ2v) is 4.67. The van der Waals surface area contributed by atoms with Crippen LogP contribution in [0.1, 0.15) is 12.0 Å². The molecule has 3 heteroatoms. The highest BCUT2D eigenvalue weighted by Gasteiger charge is 2.20. The Hall–Kier alpha value is -0.960. The SMILES string of the molecule is O=CCCc1ccccc1OC1CSC1. The summed E-state index contributed by atoms with van der Waals surface area (Å²) in [4.78, 5) is 10.3. The van der Waals surface area contributed by atoms with Crippen LogP contribution in [0.15, 0.2) is 24.3 Å². The van der Waals surface area contributed by atoms with E-state index in [1.807, 2.05) is 36.0 Å². The highest BCUT2D eigenvalue weighted by Crippen LogP contribution is 2.26. The van der Waals surface area contributed by atoms with Gasteiger partial charge in [-0.2, -0.15) is 11.8 Å². The van der Waals surface area contributed by atoms with Gasteiger partial charge in [0, 0.05) is 17.9 Å². The number of aldehydes is 1. The Balaban J connectivity index is 2.02. The molecule has 0 radical (unpaired) electrons. The van der Waals surface area contributed by atoms with E-state index < -0.39 is 0 Å². The summed E-state index contributed by atoms with van der Waals surface area (Å²) in [6.07, 6.45) is 2.67. The van der Waals surface area contributed by atoms with E-state index in [9.17, 15) is 4.79 Å². The first kappa shape index (κ1) is 10.6. The van der Waals surface area contributed by atoms with Gasteiger partial charge in [-0.3, -0.25) is 0 Å². The van der Waals surface area contributed by atoms with Crippen LogP contribution in [-0.4, -0.2) is 23.9 Å². The standard InChI is InChI=1S/C12H14O2S/c13-7-3-5-10-4-1-2-6-12(10)14-11-8-15-9-11/h1-2,4,6-7,11H,3,5,8-9H2. The van der Waals surface area contributed by atoms with Gasteiger partial charge < -0.3 is 9.53 Å². The molecule has 0 aromatic heterocycles. The fourth-order valence-electron chi connectivity index (χ4n) is 1.50. The molecule has 1 aliphatic heterocycles. The average Bonchev–Trinajstić information content (AvgIpc) is 2.22. The van der Waals surface area contributed by atoms with Crippen molar-refractivity contribution >= 4 is 18.0 Å². The van der Waals surface area contributed by atoms with Crippen molar-refractivity contribution in [2.45, 2.75) is 18.9 Å². The molecule has 0 unspecified atom stereocenters. The number of ether oxygens (including phenoxy) is 1. The maximum Gasteiger partial charge on any atom is 0.123 e. The van der Waals surface area contributed by atoms with E-state index in [0.717, 1.165) is 35.5 Å². The molecule has 1 heterocycles. The second kappa shape index (κ2) is 5.21. The molecule has 2 rings (SSSR count). The zero-order valence-corrected chi connectivity index (χ0v) is 9.33. The number of hydrogen-bond acceptors (Lipinski definition) is 3. The van der Waals surface area contributed by atoms with Crippen LogP contribution in [0.25, 0.3) is 0 Å². The van der Waals surface area contributed by atoms with Crippen molar-refractivity contribution in [2.75, 3.05) is 11.5 Å². The van der Waals surface area contributed by atoms with Crippen LogP contribution < -0.4 is 4.74 Å². The predicted octanol–water partition coefficient (Wildman–Crippen LogP) is 2.31. The number of rotatable bonds is 5. The van der Waals surface area contributed by atoms with Gasteiger partial charge in [-0.15, -0.1) is 0 Å². The number of thioether (sulfide) groups is 1. The molecular weight excluding hydrogens is 208 g/mol. The molecule has 1 fully saturated rings. The van der Waals surface area contributed by atoms with Crippen molar-refractivity contribution < 1.29 is 9.53 Å². The van der Waals surface area contributed by atoms with Gasteiger partial charge >= 0.3 is 0 Å². The van der Waals surface area contributed by atoms with Gasteiger partial charge in [0.2, 0.25) is 0 Å². The summed E-state index contributed by atoms with van der Waals surface area (Å²) in [5.74, 6) is 3.12. The molecule has 0 saturated carbocycles. The minimum absolute atomic E-state index is 0.368. The first-order valence-corrected chi connectivity index (χ1v) is 6.31. The lowest BCUT2D eigenvalue weighted by Crippen LogP contribution is -2.31. The van der Waals surface area contributed by atoms with E-state index in [0.29, 0.717) is 12.5 Å². The minimum atomic E-state index is 0.368. The smallest absolute Gasteiger partial charge is 0.123 e. The third-order valence-corrected chi connectivity index (χ3v) is 3.62. The van der Waals surface area contributed by atoms with Crippen LogP contribution in [-0.2, 0) is 11.2 Å². The molecule has 15 heavy (non-hydrogen) atoms. The van der Waals surface area contributed by atoms with E-state index in [4.69, 9.17) is 4.74 Å². The largest absolute Gasteiger partial charge is 0.488 e. The molecule has 80 valence electrons. The quantitative estimate of drug-likeness (QED) is 0.715. The summed E-state index contributed by atoms with van der Waals surface area (Å²) in [5.41, 5.74) is 1.14. The average molecular weight is 222 g/mol. The Morgan fingerprint density at radius 2 is 2.20 bits per heavy atom. The summed E-state index contributed by atoms with van der Waals surface area (Å²) in [6.45, 7) is 0. The van der Waals surface area contributed by atoms with Crippen molar-refractivity contribution in [3.63, 3.8) is 0 Å². The topological polar surface area (TPSA) is 26.3 Å². The second-order valence-electron chi connectivity index (χ2n) is 3.59. The van der Waals surface area contributed by atoms with Crippen LogP contribution in [0.2, 0.25) is 0 Å². The number of carbonyl (C=O) groups is 1. The molecule has 0 aliphatic carbocycles. The Morgan fingerprint density at radius 3 is 2.87 bits per heavy atom. The van der Waals surface area contributed by atoms with Crippen LogP contribution in [0.4, 0.5) is 0 Å². The van der Waals surface area contributed by atoms with E-state index in [1.54, 1.807) is 0 Å². The first-order chi connectivity index (χ1) is 7.40. The molecule has 1 aliphatic rings. The Labute approximate surface area is 94.0 Å². The normalized spacial score (nSPS) is 15.7. The zero-order chi connectivity index (χ0) is 10.5. The van der Waals surface area contributed by atoms with Crippen molar-refractivity contribution in [2.24, 2.45) is 0 Å². The molecule has 0 N–H and O–H groups in total. The molecule has 2 nitrogen and oxygen atoms in total. The molecule has 0 spiro atoms. The van der Waals surface area contributed by atoms with E-state index in [-0.39, 0.29) is 0 Å². The summed E-state index contributed by atoms with van der Waals surface area (Å²) in [5, 5.41) is 0. The van der Waals surface area contributed by atoms with Crippen LogP contribution in [0, 0.1) is 0 Å². The van der Waals surface area contributed by atoms with Crippen molar-refractivity contribution in [1.82, 2.24) is 0 Å². The Bertz CT molecular complexity index is 334. The maximum absolute atomic E-state index is 10.3. The van der Waals surface area contributed by atoms with E-state index in [1.165, 1.54) is 0 Å².